The van der Waals surface area contributed by atoms with E-state index in [9.17, 15) is 26.4 Å². The van der Waals surface area contributed by atoms with Gasteiger partial charge in [0.1, 0.15) is 21.6 Å². The minimum atomic E-state index is -4.45. The largest absolute Gasteiger partial charge is 0.343 e. The van der Waals surface area contributed by atoms with E-state index in [0.717, 1.165) is 0 Å². The van der Waals surface area contributed by atoms with Crippen molar-refractivity contribution in [2.24, 2.45) is 0 Å². The number of benzene rings is 2. The molecule has 2 atom stereocenters. The fraction of sp³-hybridized carbons (Fsp3) is 0.379. The Balaban J connectivity index is 1.83. The predicted molar refractivity (Wildman–Crippen MR) is 205 cm³/mol. The van der Waals surface area contributed by atoms with Gasteiger partial charge < -0.3 is 9.80 Å². The van der Waals surface area contributed by atoms with Crippen molar-refractivity contribution in [1.29, 1.82) is 0 Å². The molecule has 2 amide bonds. The molecule has 0 aliphatic heterocycles. The molecule has 0 saturated carbocycles. The van der Waals surface area contributed by atoms with E-state index in [2.05, 4.69) is 28.2 Å². The zero-order valence-electron chi connectivity index (χ0n) is 27.9. The van der Waals surface area contributed by atoms with Crippen molar-refractivity contribution in [3.8, 4) is 0 Å². The summed E-state index contributed by atoms with van der Waals surface area (Å²) in [6.07, 6.45) is 0. The summed E-state index contributed by atoms with van der Waals surface area (Å²) in [5.74, 6) is -4.50. The molecule has 2 unspecified atom stereocenters. The monoisotopic (exact) mass is 890 g/mol. The van der Waals surface area contributed by atoms with Crippen molar-refractivity contribution in [2.75, 3.05) is 35.6 Å². The van der Waals surface area contributed by atoms with Crippen molar-refractivity contribution in [2.45, 2.75) is 56.2 Å². The second kappa shape index (κ2) is 17.3. The number of aromatic nitrogens is 4. The molecule has 2 N–H and O–H groups in total. The fourth-order valence-electron chi connectivity index (χ4n) is 5.22. The Bertz CT molecular complexity index is 1990. The van der Waals surface area contributed by atoms with E-state index >= 15 is 0 Å². The van der Waals surface area contributed by atoms with Crippen LogP contribution in [-0.4, -0.2) is 83.3 Å². The molecule has 0 fully saturated rings. The quantitative estimate of drug-likeness (QED) is 0.124. The lowest BCUT2D eigenvalue weighted by molar-refractivity contribution is -0.140. The maximum Gasteiger partial charge on any atom is 0.266 e. The zero-order chi connectivity index (χ0) is 38.7. The maximum absolute atomic E-state index is 14.3. The van der Waals surface area contributed by atoms with Crippen LogP contribution in [0.25, 0.3) is 0 Å². The summed E-state index contributed by atoms with van der Waals surface area (Å²) in [6, 6.07) is 5.13. The third-order valence-electron chi connectivity index (χ3n) is 7.59. The minimum absolute atomic E-state index is 0.115. The Morgan fingerprint density at radius 1 is 0.654 bits per heavy atom. The molecule has 2 aromatic heterocycles. The third-order valence-corrected chi connectivity index (χ3v) is 13.8. The van der Waals surface area contributed by atoms with Crippen LogP contribution >= 0.6 is 81.1 Å². The first-order valence-corrected chi connectivity index (χ1v) is 21.7. The molecule has 282 valence electrons. The van der Waals surface area contributed by atoms with E-state index in [0.29, 0.717) is 23.1 Å². The normalized spacial score (nSPS) is 13.0. The number of anilines is 2. The van der Waals surface area contributed by atoms with Crippen LogP contribution in [0.5, 0.6) is 0 Å². The fourth-order valence-corrected chi connectivity index (χ4v) is 11.6. The van der Waals surface area contributed by atoms with Crippen molar-refractivity contribution in [1.82, 2.24) is 28.5 Å². The highest BCUT2D eigenvalue weighted by Crippen LogP contribution is 2.39. The van der Waals surface area contributed by atoms with Crippen molar-refractivity contribution in [3.05, 3.63) is 66.6 Å². The van der Waals surface area contributed by atoms with Crippen molar-refractivity contribution < 1.29 is 26.4 Å². The number of likely N-dealkylation sites (N-methyl/N-ethyl adjacent to an activating group) is 2. The summed E-state index contributed by atoms with van der Waals surface area (Å²) in [7, 11) is -8.77. The summed E-state index contributed by atoms with van der Waals surface area (Å²) in [5, 5.41) is -0.743. The van der Waals surface area contributed by atoms with Crippen molar-refractivity contribution >= 4 is 123 Å². The molecule has 2 aromatic carbocycles. The number of nitrogens with one attached hydrogen (secondary N) is 2. The van der Waals surface area contributed by atoms with Crippen LogP contribution in [0, 0.1) is 6.92 Å². The summed E-state index contributed by atoms with van der Waals surface area (Å²) in [6.45, 7) is 9.46. The summed E-state index contributed by atoms with van der Waals surface area (Å²) in [4.78, 5) is 39.5. The van der Waals surface area contributed by atoms with Gasteiger partial charge >= 0.3 is 0 Å². The summed E-state index contributed by atoms with van der Waals surface area (Å²) < 4.78 is 66.9. The van der Waals surface area contributed by atoms with Crippen LogP contribution in [0.3, 0.4) is 0 Å². The lowest BCUT2D eigenvalue weighted by atomic mass is 9.87. The van der Waals surface area contributed by atoms with Gasteiger partial charge in [0.25, 0.3) is 20.0 Å². The Morgan fingerprint density at radius 2 is 1.00 bits per heavy atom. The molecule has 14 nitrogen and oxygen atoms in total. The number of aryl methyl sites for hydroxylation is 1. The predicted octanol–water partition coefficient (Wildman–Crippen LogP) is 7.17. The van der Waals surface area contributed by atoms with Gasteiger partial charge in [-0.25, -0.2) is 26.8 Å². The Morgan fingerprint density at radius 3 is 1.37 bits per heavy atom. The standard InChI is InChI=1S/C29H31Cl5N8O6S4/c1-6-41(7-2)26(43)20(24-35-28(49-37-24)39-51(45,46)22-14(5)10-15(30)11-17(22)32)21(27(44)42(8-3)9-4)25-36-29(50-38-25)40-52(47,48)23-18(33)12-16(31)13-19(23)34/h10-13,20-21H,6-9H2,1-5H3,(H,35,37,39)(H,36,38,40). The molecule has 0 bridgehead atoms. The molecule has 52 heavy (non-hydrogen) atoms. The van der Waals surface area contributed by atoms with E-state index in [4.69, 9.17) is 58.0 Å². The molecule has 4 aromatic rings. The number of hydrogen-bond acceptors (Lipinski definition) is 12. The average Bonchev–Trinajstić information content (AvgIpc) is 3.68. The van der Waals surface area contributed by atoms with E-state index in [1.807, 2.05) is 0 Å². The number of sulfonamides is 2. The number of hydrogen-bond donors (Lipinski definition) is 2. The zero-order valence-corrected chi connectivity index (χ0v) is 35.0. The number of carbonyl (C=O) groups is 2. The van der Waals surface area contributed by atoms with Crippen LogP contribution in [0.15, 0.2) is 34.1 Å². The van der Waals surface area contributed by atoms with Gasteiger partial charge in [-0.05, 0) is 64.4 Å². The molecule has 23 heteroatoms. The first kappa shape index (κ1) is 42.2. The number of carbonyl (C=O) groups excluding carboxylic acids is 2. The highest BCUT2D eigenvalue weighted by molar-refractivity contribution is 7.93. The average molecular weight is 893 g/mol. The van der Waals surface area contributed by atoms with Gasteiger partial charge in [-0.2, -0.15) is 8.75 Å². The van der Waals surface area contributed by atoms with E-state index in [-0.39, 0.29) is 83.7 Å². The molecule has 2 heterocycles. The molecular weight excluding hydrogens is 862 g/mol. The summed E-state index contributed by atoms with van der Waals surface area (Å²) >= 11 is 31.8. The van der Waals surface area contributed by atoms with Gasteiger partial charge in [0.2, 0.25) is 22.1 Å². The highest BCUT2D eigenvalue weighted by Gasteiger charge is 2.45. The Hall–Kier alpha value is -2.55. The smallest absolute Gasteiger partial charge is 0.266 e. The van der Waals surface area contributed by atoms with Gasteiger partial charge in [-0.15, -0.1) is 0 Å². The lowest BCUT2D eigenvalue weighted by Crippen LogP contribution is -2.44. The van der Waals surface area contributed by atoms with Crippen LogP contribution in [0.1, 0.15) is 56.7 Å². The molecule has 0 saturated heterocycles. The molecule has 0 aliphatic carbocycles. The van der Waals surface area contributed by atoms with Crippen LogP contribution in [0.4, 0.5) is 10.3 Å². The SMILES string of the molecule is CCN(CC)C(=O)C(c1nsc(NS(=O)(=O)c2c(C)cc(Cl)cc2Cl)n1)C(C(=O)N(CC)CC)c1nsc(NS(=O)(=O)c2c(Cl)cc(Cl)cc2Cl)n1. The number of halogens is 5. The molecule has 0 aliphatic rings. The van der Waals surface area contributed by atoms with Crippen LogP contribution in [0.2, 0.25) is 25.1 Å². The molecular formula is C29H31Cl5N8O6S4. The number of nitrogens with zero attached hydrogens (tertiary/aromatic N) is 6. The minimum Gasteiger partial charge on any atom is -0.343 e. The topological polar surface area (TPSA) is 185 Å². The van der Waals surface area contributed by atoms with Gasteiger partial charge in [-0.1, -0.05) is 58.0 Å². The first-order valence-electron chi connectivity index (χ1n) is 15.3. The second-order valence-corrected chi connectivity index (χ2v) is 17.7. The van der Waals surface area contributed by atoms with Gasteiger partial charge in [-0.3, -0.25) is 19.0 Å². The third kappa shape index (κ3) is 9.21. The second-order valence-electron chi connectivity index (χ2n) is 10.8. The Labute approximate surface area is 334 Å². The van der Waals surface area contributed by atoms with Gasteiger partial charge in [0.15, 0.2) is 11.6 Å². The van der Waals surface area contributed by atoms with Crippen LogP contribution < -0.4 is 9.44 Å². The number of rotatable bonds is 15. The van der Waals surface area contributed by atoms with Crippen molar-refractivity contribution in [3.63, 3.8) is 0 Å². The summed E-state index contributed by atoms with van der Waals surface area (Å²) in [5.41, 5.74) is 0.274. The lowest BCUT2D eigenvalue weighted by Gasteiger charge is -2.30. The first-order chi connectivity index (χ1) is 24.4. The van der Waals surface area contributed by atoms with E-state index < -0.39 is 48.6 Å². The Kier molecular flexibility index (Phi) is 14.0. The molecule has 0 radical (unpaired) electrons. The van der Waals surface area contributed by atoms with Gasteiger partial charge in [0, 0.05) is 59.3 Å². The molecule has 0 spiro atoms. The number of amides is 2. The van der Waals surface area contributed by atoms with E-state index in [1.54, 1.807) is 27.7 Å². The highest BCUT2D eigenvalue weighted by atomic mass is 35.5. The van der Waals surface area contributed by atoms with Crippen LogP contribution in [-0.2, 0) is 29.6 Å². The molecule has 4 rings (SSSR count). The van der Waals surface area contributed by atoms with E-state index in [1.165, 1.54) is 41.0 Å². The maximum atomic E-state index is 14.3. The van der Waals surface area contributed by atoms with Gasteiger partial charge in [0.05, 0.1) is 15.1 Å².